The molecule has 0 aliphatic carbocycles. The van der Waals surface area contributed by atoms with Gasteiger partial charge in [0.25, 0.3) is 0 Å². The Morgan fingerprint density at radius 3 is 1.59 bits per heavy atom. The average Bonchev–Trinajstić information content (AvgIpc) is 2.88. The van der Waals surface area contributed by atoms with Gasteiger partial charge in [-0.3, -0.25) is 4.79 Å². The molecule has 0 aromatic heterocycles. The van der Waals surface area contributed by atoms with Gasteiger partial charge in [0.15, 0.2) is 12.6 Å². The van der Waals surface area contributed by atoms with Gasteiger partial charge in [0.1, 0.15) is 79.5 Å². The van der Waals surface area contributed by atoms with Gasteiger partial charge in [0.2, 0.25) is 5.91 Å². The van der Waals surface area contributed by atoms with E-state index in [0.717, 1.165) is 6.92 Å². The Morgan fingerprint density at radius 1 is 0.811 bits per heavy atom. The molecule has 216 valence electrons. The molecule has 0 aromatic carbocycles. The van der Waals surface area contributed by atoms with E-state index in [-0.39, 0.29) is 6.29 Å². The zero-order valence-electron chi connectivity index (χ0n) is 19.7. The van der Waals surface area contributed by atoms with Crippen LogP contribution in [0.15, 0.2) is 0 Å². The molecule has 0 saturated carbocycles. The van der Waals surface area contributed by atoms with Crippen molar-refractivity contribution in [1.29, 1.82) is 0 Å². The third kappa shape index (κ3) is 7.37. The zero-order chi connectivity index (χ0) is 28.0. The Labute approximate surface area is 210 Å². The Morgan fingerprint density at radius 2 is 1.24 bits per heavy atom. The standard InChI is InChI=1S/C20H35NO16/c1-6(26)21-7(2-22)17(36-19-15(32)13(30)11(28)9(4-24)34-19)18(8(27)3-23)37-20-16(33)14(31)12(29)10(5-25)35-20/h2,7-20,23-25,27-33H,3-5H2,1H3,(H,21,26)/t7-,8+,9+,10+,11-,12-,13-,14-,15+,16+,17+,18+,19-,20+/m0/s1. The number of aliphatic hydroxyl groups is 10. The van der Waals surface area contributed by atoms with Crippen molar-refractivity contribution >= 4 is 12.2 Å². The predicted octanol–water partition coefficient (Wildman–Crippen LogP) is -7.59. The summed E-state index contributed by atoms with van der Waals surface area (Å²) >= 11 is 0. The van der Waals surface area contributed by atoms with Crippen molar-refractivity contribution < 1.29 is 79.6 Å². The van der Waals surface area contributed by atoms with E-state index in [1.54, 1.807) is 0 Å². The summed E-state index contributed by atoms with van der Waals surface area (Å²) in [6, 6.07) is -1.69. The number of ether oxygens (including phenoxy) is 4. The molecular formula is C20H35NO16. The number of hydrogen-bond acceptors (Lipinski definition) is 16. The first kappa shape index (κ1) is 31.8. The maximum Gasteiger partial charge on any atom is 0.217 e. The Balaban J connectivity index is 2.43. The van der Waals surface area contributed by atoms with E-state index < -0.39 is 111 Å². The van der Waals surface area contributed by atoms with Crippen molar-refractivity contribution in [1.82, 2.24) is 5.32 Å². The lowest BCUT2D eigenvalue weighted by Gasteiger charge is -2.45. The minimum absolute atomic E-state index is 0.143. The SMILES string of the molecule is CC(=O)N[C@@H](C=O)[C@@H](O[C@@H]1O[C@H](CO)[C@H](O)[C@H](O)[C@H]1O)[C@H](O[C@H]1O[C@H](CO)[C@H](O)[C@H](O)[C@H]1O)[C@H](O)CO. The molecule has 0 aromatic rings. The third-order valence-electron chi connectivity index (χ3n) is 6.04. The lowest BCUT2D eigenvalue weighted by Crippen LogP contribution is -2.65. The quantitative estimate of drug-likeness (QED) is 0.102. The van der Waals surface area contributed by atoms with Crippen molar-refractivity contribution in [2.45, 2.75) is 92.7 Å². The van der Waals surface area contributed by atoms with Crippen LogP contribution in [0.4, 0.5) is 0 Å². The highest BCUT2D eigenvalue weighted by Crippen LogP contribution is 2.28. The van der Waals surface area contributed by atoms with Gasteiger partial charge in [0, 0.05) is 6.92 Å². The first-order valence-electron chi connectivity index (χ1n) is 11.3. The van der Waals surface area contributed by atoms with Crippen LogP contribution in [0, 0.1) is 0 Å². The van der Waals surface area contributed by atoms with Gasteiger partial charge in [-0.15, -0.1) is 0 Å². The number of aldehydes is 1. The molecule has 1 amide bonds. The van der Waals surface area contributed by atoms with Crippen LogP contribution in [-0.4, -0.2) is 169 Å². The zero-order valence-corrected chi connectivity index (χ0v) is 19.7. The van der Waals surface area contributed by atoms with Crippen molar-refractivity contribution in [2.75, 3.05) is 19.8 Å². The highest BCUT2D eigenvalue weighted by molar-refractivity contribution is 5.77. The fraction of sp³-hybridized carbons (Fsp3) is 0.900. The summed E-state index contributed by atoms with van der Waals surface area (Å²) in [5.74, 6) is -0.774. The molecule has 0 unspecified atom stereocenters. The van der Waals surface area contributed by atoms with Crippen molar-refractivity contribution in [3.63, 3.8) is 0 Å². The minimum atomic E-state index is -1.98. The maximum absolute atomic E-state index is 11.9. The normalized spacial score (nSPS) is 39.9. The van der Waals surface area contributed by atoms with Crippen LogP contribution < -0.4 is 5.32 Å². The van der Waals surface area contributed by atoms with Gasteiger partial charge in [0.05, 0.1) is 19.8 Å². The van der Waals surface area contributed by atoms with E-state index in [0.29, 0.717) is 0 Å². The molecule has 2 aliphatic heterocycles. The lowest BCUT2D eigenvalue weighted by molar-refractivity contribution is -0.348. The number of carbonyl (C=O) groups excluding carboxylic acids is 2. The van der Waals surface area contributed by atoms with Crippen LogP contribution in [0.2, 0.25) is 0 Å². The summed E-state index contributed by atoms with van der Waals surface area (Å²) in [6.45, 7) is -1.69. The molecule has 2 saturated heterocycles. The molecule has 0 radical (unpaired) electrons. The van der Waals surface area contributed by atoms with Gasteiger partial charge in [-0.25, -0.2) is 0 Å². The topological polar surface area (TPSA) is 285 Å². The summed E-state index contributed by atoms with van der Waals surface area (Å²) in [5, 5.41) is 102. The number of carbonyl (C=O) groups is 2. The van der Waals surface area contributed by atoms with Crippen molar-refractivity contribution in [3.8, 4) is 0 Å². The molecule has 2 fully saturated rings. The smallest absolute Gasteiger partial charge is 0.217 e. The van der Waals surface area contributed by atoms with Gasteiger partial charge in [-0.2, -0.15) is 0 Å². The van der Waals surface area contributed by atoms with Gasteiger partial charge in [-0.05, 0) is 0 Å². The number of aliphatic hydroxyl groups excluding tert-OH is 10. The van der Waals surface area contributed by atoms with Crippen LogP contribution in [0.25, 0.3) is 0 Å². The fourth-order valence-electron chi connectivity index (χ4n) is 3.96. The van der Waals surface area contributed by atoms with Crippen LogP contribution in [0.5, 0.6) is 0 Å². The van der Waals surface area contributed by atoms with E-state index in [9.17, 15) is 60.7 Å². The number of amides is 1. The summed E-state index contributed by atoms with van der Waals surface area (Å²) in [6.07, 6.45) is -23.5. The molecule has 0 spiro atoms. The molecule has 14 atom stereocenters. The Hall–Kier alpha value is -1.42. The van der Waals surface area contributed by atoms with Crippen LogP contribution in [0.3, 0.4) is 0 Å². The van der Waals surface area contributed by atoms with Crippen LogP contribution in [-0.2, 0) is 28.5 Å². The molecule has 17 heteroatoms. The molecule has 37 heavy (non-hydrogen) atoms. The molecular weight excluding hydrogens is 510 g/mol. The van der Waals surface area contributed by atoms with Gasteiger partial charge >= 0.3 is 0 Å². The van der Waals surface area contributed by atoms with Crippen LogP contribution in [0.1, 0.15) is 6.92 Å². The second-order valence-electron chi connectivity index (χ2n) is 8.71. The van der Waals surface area contributed by atoms with Crippen molar-refractivity contribution in [2.24, 2.45) is 0 Å². The summed E-state index contributed by atoms with van der Waals surface area (Å²) < 4.78 is 21.6. The molecule has 11 N–H and O–H groups in total. The molecule has 0 bridgehead atoms. The monoisotopic (exact) mass is 545 g/mol. The fourth-order valence-corrected chi connectivity index (χ4v) is 3.96. The van der Waals surface area contributed by atoms with Crippen LogP contribution >= 0.6 is 0 Å². The molecule has 2 rings (SSSR count). The van der Waals surface area contributed by atoms with E-state index >= 15 is 0 Å². The predicted molar refractivity (Wildman–Crippen MR) is 114 cm³/mol. The highest BCUT2D eigenvalue weighted by Gasteiger charge is 2.50. The van der Waals surface area contributed by atoms with E-state index in [2.05, 4.69) is 5.32 Å². The van der Waals surface area contributed by atoms with Crippen molar-refractivity contribution in [3.05, 3.63) is 0 Å². The first-order chi connectivity index (χ1) is 17.4. The van der Waals surface area contributed by atoms with E-state index in [1.807, 2.05) is 0 Å². The largest absolute Gasteiger partial charge is 0.394 e. The van der Waals surface area contributed by atoms with E-state index in [1.165, 1.54) is 0 Å². The highest BCUT2D eigenvalue weighted by atomic mass is 16.7. The van der Waals surface area contributed by atoms with Gasteiger partial charge < -0.3 is 80.1 Å². The summed E-state index contributed by atoms with van der Waals surface area (Å²) in [5.41, 5.74) is 0. The second-order valence-corrected chi connectivity index (χ2v) is 8.71. The Kier molecular flexibility index (Phi) is 12.1. The number of nitrogens with one attached hydrogen (secondary N) is 1. The Bertz CT molecular complexity index is 726. The molecule has 2 aliphatic rings. The summed E-state index contributed by atoms with van der Waals surface area (Å²) in [7, 11) is 0. The minimum Gasteiger partial charge on any atom is -0.394 e. The molecule has 17 nitrogen and oxygen atoms in total. The summed E-state index contributed by atoms with van der Waals surface area (Å²) in [4.78, 5) is 23.6. The maximum atomic E-state index is 11.9. The average molecular weight is 545 g/mol. The first-order valence-corrected chi connectivity index (χ1v) is 11.3. The lowest BCUT2D eigenvalue weighted by atomic mass is 9.97. The van der Waals surface area contributed by atoms with Gasteiger partial charge in [-0.1, -0.05) is 0 Å². The van der Waals surface area contributed by atoms with E-state index in [4.69, 9.17) is 18.9 Å². The number of hydrogen-bond donors (Lipinski definition) is 11. The second kappa shape index (κ2) is 14.1. The third-order valence-corrected chi connectivity index (χ3v) is 6.04. The molecule has 2 heterocycles. The number of rotatable bonds is 12.